The van der Waals surface area contributed by atoms with Gasteiger partial charge in [-0.25, -0.2) is 8.42 Å². The lowest BCUT2D eigenvalue weighted by Gasteiger charge is -2.31. The number of carbonyl (C=O) groups excluding carboxylic acids is 2. The summed E-state index contributed by atoms with van der Waals surface area (Å²) in [6.45, 7) is 6.60. The first kappa shape index (κ1) is 27.7. The van der Waals surface area contributed by atoms with E-state index in [9.17, 15) is 18.0 Å². The molecule has 186 valence electrons. The third-order valence-corrected chi connectivity index (χ3v) is 7.02. The number of amides is 2. The van der Waals surface area contributed by atoms with Crippen LogP contribution >= 0.6 is 11.6 Å². The largest absolute Gasteiger partial charge is 0.355 e. The van der Waals surface area contributed by atoms with Crippen LogP contribution in [0.3, 0.4) is 0 Å². The van der Waals surface area contributed by atoms with E-state index in [1.165, 1.54) is 4.31 Å². The Kier molecular flexibility index (Phi) is 10.4. The predicted octanol–water partition coefficient (Wildman–Crippen LogP) is 4.14. The molecule has 0 saturated heterocycles. The molecule has 0 radical (unpaired) electrons. The number of hydrogen-bond donors (Lipinski definition) is 1. The summed E-state index contributed by atoms with van der Waals surface area (Å²) >= 11 is 6.04. The summed E-state index contributed by atoms with van der Waals surface area (Å²) < 4.78 is 26.0. The monoisotopic (exact) mass is 507 g/mol. The number of nitrogens with zero attached hydrogens (tertiary/aromatic N) is 2. The van der Waals surface area contributed by atoms with Crippen molar-refractivity contribution in [3.05, 3.63) is 64.7 Å². The zero-order chi connectivity index (χ0) is 25.3. The van der Waals surface area contributed by atoms with Gasteiger partial charge in [-0.2, -0.15) is 0 Å². The normalized spacial score (nSPS) is 12.1. The smallest absolute Gasteiger partial charge is 0.242 e. The molecule has 7 nitrogen and oxygen atoms in total. The van der Waals surface area contributed by atoms with Gasteiger partial charge < -0.3 is 10.2 Å². The van der Waals surface area contributed by atoms with E-state index in [0.29, 0.717) is 36.6 Å². The van der Waals surface area contributed by atoms with Gasteiger partial charge in [-0.05, 0) is 56.0 Å². The summed E-state index contributed by atoms with van der Waals surface area (Å²) in [5.41, 5.74) is 2.46. The zero-order valence-corrected chi connectivity index (χ0v) is 21.8. The Morgan fingerprint density at radius 3 is 2.38 bits per heavy atom. The number of carbonyl (C=O) groups is 2. The number of likely N-dealkylation sites (N-methyl/N-ethyl adjacent to an activating group) is 1. The van der Waals surface area contributed by atoms with E-state index in [1.54, 1.807) is 29.2 Å². The number of halogens is 1. The second kappa shape index (κ2) is 12.8. The Morgan fingerprint density at radius 1 is 1.09 bits per heavy atom. The Labute approximate surface area is 208 Å². The molecule has 0 fully saturated rings. The van der Waals surface area contributed by atoms with Crippen molar-refractivity contribution in [3.8, 4) is 0 Å². The predicted molar refractivity (Wildman–Crippen MR) is 137 cm³/mol. The molecule has 0 aliphatic heterocycles. The molecule has 2 aromatic carbocycles. The van der Waals surface area contributed by atoms with Gasteiger partial charge in [-0.15, -0.1) is 0 Å². The first-order valence-electron chi connectivity index (χ1n) is 11.4. The molecule has 1 atom stereocenters. The van der Waals surface area contributed by atoms with Gasteiger partial charge >= 0.3 is 0 Å². The number of hydrogen-bond acceptors (Lipinski definition) is 4. The van der Waals surface area contributed by atoms with Crippen molar-refractivity contribution in [2.45, 2.75) is 52.6 Å². The van der Waals surface area contributed by atoms with Gasteiger partial charge in [0.25, 0.3) is 0 Å². The molecule has 0 aliphatic rings. The fourth-order valence-electron chi connectivity index (χ4n) is 3.82. The molecule has 0 aromatic heterocycles. The van der Waals surface area contributed by atoms with Crippen LogP contribution in [0.25, 0.3) is 0 Å². The summed E-state index contributed by atoms with van der Waals surface area (Å²) in [5.74, 6) is -0.385. The lowest BCUT2D eigenvalue weighted by molar-refractivity contribution is -0.141. The van der Waals surface area contributed by atoms with Gasteiger partial charge in [0.15, 0.2) is 0 Å². The molecule has 0 unspecified atom stereocenters. The fourth-order valence-corrected chi connectivity index (χ4v) is 4.96. The summed E-state index contributed by atoms with van der Waals surface area (Å²) in [4.78, 5) is 27.7. The van der Waals surface area contributed by atoms with Crippen molar-refractivity contribution in [2.75, 3.05) is 23.7 Å². The van der Waals surface area contributed by atoms with Crippen LogP contribution in [-0.2, 0) is 26.2 Å². The van der Waals surface area contributed by atoms with Crippen molar-refractivity contribution < 1.29 is 18.0 Å². The number of sulfonamides is 1. The highest BCUT2D eigenvalue weighted by Gasteiger charge is 2.28. The Bertz CT molecular complexity index is 1090. The molecule has 0 spiro atoms. The highest BCUT2D eigenvalue weighted by Crippen LogP contribution is 2.23. The summed E-state index contributed by atoms with van der Waals surface area (Å²) in [7, 11) is -3.56. The van der Waals surface area contributed by atoms with Gasteiger partial charge in [-0.1, -0.05) is 48.9 Å². The average molecular weight is 508 g/mol. The Morgan fingerprint density at radius 2 is 1.79 bits per heavy atom. The van der Waals surface area contributed by atoms with E-state index in [0.717, 1.165) is 17.4 Å². The highest BCUT2D eigenvalue weighted by atomic mass is 35.5. The van der Waals surface area contributed by atoms with Gasteiger partial charge in [0.05, 0.1) is 11.9 Å². The molecule has 1 N–H and O–H groups in total. The number of anilines is 1. The first-order valence-corrected chi connectivity index (χ1v) is 13.7. The lowest BCUT2D eigenvalue weighted by atomic mass is 10.1. The van der Waals surface area contributed by atoms with E-state index < -0.39 is 16.1 Å². The highest BCUT2D eigenvalue weighted by molar-refractivity contribution is 7.92. The minimum atomic E-state index is -3.56. The van der Waals surface area contributed by atoms with Crippen LogP contribution in [0, 0.1) is 6.92 Å². The Balaban J connectivity index is 2.21. The van der Waals surface area contributed by atoms with Crippen LogP contribution in [0.1, 0.15) is 44.2 Å². The molecule has 2 rings (SSSR count). The van der Waals surface area contributed by atoms with Crippen LogP contribution in [0.5, 0.6) is 0 Å². The van der Waals surface area contributed by atoms with Crippen molar-refractivity contribution in [2.24, 2.45) is 0 Å². The molecule has 0 heterocycles. The minimum absolute atomic E-state index is 0.106. The molecule has 34 heavy (non-hydrogen) atoms. The van der Waals surface area contributed by atoms with Crippen LogP contribution in [0.15, 0.2) is 48.5 Å². The second-order valence-corrected chi connectivity index (χ2v) is 10.5. The van der Waals surface area contributed by atoms with Crippen molar-refractivity contribution in [1.29, 1.82) is 0 Å². The van der Waals surface area contributed by atoms with Crippen molar-refractivity contribution >= 4 is 39.1 Å². The first-order chi connectivity index (χ1) is 16.1. The number of benzene rings is 2. The maximum atomic E-state index is 13.3. The maximum Gasteiger partial charge on any atom is 0.242 e. The molecule has 9 heteroatoms. The van der Waals surface area contributed by atoms with E-state index in [4.69, 9.17) is 11.6 Å². The summed E-state index contributed by atoms with van der Waals surface area (Å²) in [6, 6.07) is 13.8. The standard InChI is InChI=1S/C25H34ClN3O4S/c1-5-23(25(31)27-6-2)28(18-20-12-8-7-11-19(20)3)24(30)15-10-16-29(34(4,32)33)22-14-9-13-21(26)17-22/h7-9,11-14,17,23H,5-6,10,15-16,18H2,1-4H3,(H,27,31)/t23-/m0/s1. The molecule has 2 aromatic rings. The van der Waals surface area contributed by atoms with E-state index in [1.807, 2.05) is 45.0 Å². The molecule has 2 amide bonds. The SMILES string of the molecule is CCNC(=O)[C@H](CC)N(Cc1ccccc1C)C(=O)CCCN(c1cccc(Cl)c1)S(C)(=O)=O. The quantitative estimate of drug-likeness (QED) is 0.467. The van der Waals surface area contributed by atoms with Gasteiger partial charge in [-0.3, -0.25) is 13.9 Å². The summed E-state index contributed by atoms with van der Waals surface area (Å²) in [6.07, 6.45) is 2.01. The topological polar surface area (TPSA) is 86.8 Å². The molecule has 0 bridgehead atoms. The van der Waals surface area contributed by atoms with Crippen LogP contribution in [0.4, 0.5) is 5.69 Å². The molecular formula is C25H34ClN3O4S. The van der Waals surface area contributed by atoms with Crippen LogP contribution in [-0.4, -0.2) is 50.5 Å². The average Bonchev–Trinajstić information content (AvgIpc) is 2.77. The lowest BCUT2D eigenvalue weighted by Crippen LogP contribution is -2.49. The van der Waals surface area contributed by atoms with E-state index in [-0.39, 0.29) is 24.8 Å². The third-order valence-electron chi connectivity index (χ3n) is 5.59. The van der Waals surface area contributed by atoms with E-state index >= 15 is 0 Å². The number of nitrogens with one attached hydrogen (secondary N) is 1. The van der Waals surface area contributed by atoms with Crippen LogP contribution in [0.2, 0.25) is 5.02 Å². The van der Waals surface area contributed by atoms with Crippen molar-refractivity contribution in [1.82, 2.24) is 10.2 Å². The maximum absolute atomic E-state index is 13.3. The molecule has 0 saturated carbocycles. The summed E-state index contributed by atoms with van der Waals surface area (Å²) in [5, 5.41) is 3.25. The van der Waals surface area contributed by atoms with Gasteiger partial charge in [0.2, 0.25) is 21.8 Å². The molecule has 0 aliphatic carbocycles. The van der Waals surface area contributed by atoms with Crippen molar-refractivity contribution in [3.63, 3.8) is 0 Å². The van der Waals surface area contributed by atoms with Crippen LogP contribution < -0.4 is 9.62 Å². The van der Waals surface area contributed by atoms with Gasteiger partial charge in [0, 0.05) is 31.1 Å². The van der Waals surface area contributed by atoms with E-state index in [2.05, 4.69) is 5.32 Å². The number of rotatable bonds is 12. The fraction of sp³-hybridized carbons (Fsp3) is 0.440. The third kappa shape index (κ3) is 7.74. The minimum Gasteiger partial charge on any atom is -0.355 e. The molecular weight excluding hydrogens is 474 g/mol. The van der Waals surface area contributed by atoms with Gasteiger partial charge in [0.1, 0.15) is 6.04 Å². The zero-order valence-electron chi connectivity index (χ0n) is 20.3. The number of aryl methyl sites for hydroxylation is 1. The Hall–Kier alpha value is -2.58. The second-order valence-electron chi connectivity index (χ2n) is 8.19.